The molecule has 7 nitrogen and oxygen atoms in total. The summed E-state index contributed by atoms with van der Waals surface area (Å²) in [4.78, 5) is 2.74. The monoisotopic (exact) mass is 536 g/mol. The summed E-state index contributed by atoms with van der Waals surface area (Å²) in [6, 6.07) is 24.0. The van der Waals surface area contributed by atoms with Crippen LogP contribution in [0, 0.1) is 0 Å². The van der Waals surface area contributed by atoms with Gasteiger partial charge in [-0.2, -0.15) is 0 Å². The van der Waals surface area contributed by atoms with E-state index in [1.807, 2.05) is 48.5 Å². The van der Waals surface area contributed by atoms with Crippen LogP contribution < -0.4 is 4.72 Å². The average Bonchev–Trinajstić information content (AvgIpc) is 2.97. The van der Waals surface area contributed by atoms with Crippen molar-refractivity contribution in [2.45, 2.75) is 62.2 Å². The molecule has 3 atom stereocenters. The SMILES string of the molecule is O=S(=O)(NCc1ccc([C@@H]2O[C@H](CN3CCCCC3)C[C@H](c3ccc(CO)cc3)O2)cc1)c1ccccc1. The highest BCUT2D eigenvalue weighted by molar-refractivity contribution is 7.89. The lowest BCUT2D eigenvalue weighted by Gasteiger charge is -2.39. The molecule has 0 bridgehead atoms. The molecule has 2 saturated heterocycles. The van der Waals surface area contributed by atoms with Gasteiger partial charge in [0.1, 0.15) is 0 Å². The van der Waals surface area contributed by atoms with Crippen LogP contribution >= 0.6 is 0 Å². The largest absolute Gasteiger partial charge is 0.392 e. The summed E-state index contributed by atoms with van der Waals surface area (Å²) in [5, 5.41) is 9.42. The van der Waals surface area contributed by atoms with Gasteiger partial charge in [0.2, 0.25) is 10.0 Å². The van der Waals surface area contributed by atoms with Crippen LogP contribution in [0.5, 0.6) is 0 Å². The van der Waals surface area contributed by atoms with Crippen molar-refractivity contribution in [3.63, 3.8) is 0 Å². The Labute approximate surface area is 225 Å². The molecule has 2 fully saturated rings. The molecule has 2 aliphatic heterocycles. The van der Waals surface area contributed by atoms with E-state index >= 15 is 0 Å². The zero-order valence-corrected chi connectivity index (χ0v) is 22.4. The van der Waals surface area contributed by atoms with Crippen LogP contribution in [-0.2, 0) is 32.6 Å². The molecule has 2 N–H and O–H groups in total. The maximum Gasteiger partial charge on any atom is 0.240 e. The number of ether oxygens (including phenoxy) is 2. The highest BCUT2D eigenvalue weighted by Crippen LogP contribution is 2.38. The minimum absolute atomic E-state index is 0.0168. The summed E-state index contributed by atoms with van der Waals surface area (Å²) in [5.74, 6) is 0. The van der Waals surface area contributed by atoms with Gasteiger partial charge < -0.3 is 19.5 Å². The molecule has 0 aliphatic carbocycles. The number of piperidine rings is 1. The fraction of sp³-hybridized carbons (Fsp3) is 0.400. The molecule has 0 aromatic heterocycles. The van der Waals surface area contributed by atoms with E-state index in [1.165, 1.54) is 19.3 Å². The van der Waals surface area contributed by atoms with Crippen molar-refractivity contribution in [3.8, 4) is 0 Å². The number of hydrogen-bond donors (Lipinski definition) is 2. The Morgan fingerprint density at radius 2 is 1.47 bits per heavy atom. The number of nitrogens with one attached hydrogen (secondary N) is 1. The summed E-state index contributed by atoms with van der Waals surface area (Å²) in [6.07, 6.45) is 3.92. The third kappa shape index (κ3) is 6.88. The number of nitrogens with zero attached hydrogens (tertiary/aromatic N) is 1. The normalized spacial score (nSPS) is 22.8. The van der Waals surface area contributed by atoms with Gasteiger partial charge in [0.05, 0.1) is 23.7 Å². The van der Waals surface area contributed by atoms with Crippen LogP contribution in [0.3, 0.4) is 0 Å². The first-order valence-corrected chi connectivity index (χ1v) is 14.8. The summed E-state index contributed by atoms with van der Waals surface area (Å²) in [5.41, 5.74) is 3.71. The lowest BCUT2D eigenvalue weighted by molar-refractivity contribution is -0.253. The van der Waals surface area contributed by atoms with E-state index in [0.29, 0.717) is 0 Å². The van der Waals surface area contributed by atoms with Crippen molar-refractivity contribution in [1.82, 2.24) is 9.62 Å². The molecule has 2 aliphatic rings. The summed E-state index contributed by atoms with van der Waals surface area (Å²) < 4.78 is 40.7. The van der Waals surface area contributed by atoms with E-state index in [2.05, 4.69) is 9.62 Å². The number of aliphatic hydroxyl groups excluding tert-OH is 1. The Hall–Kier alpha value is -2.59. The van der Waals surface area contributed by atoms with E-state index in [1.54, 1.807) is 30.3 Å². The molecule has 0 saturated carbocycles. The summed E-state index contributed by atoms with van der Waals surface area (Å²) in [6.45, 7) is 3.30. The molecule has 0 spiro atoms. The second-order valence-electron chi connectivity index (χ2n) is 10.1. The van der Waals surface area contributed by atoms with Crippen molar-refractivity contribution in [1.29, 1.82) is 0 Å². The van der Waals surface area contributed by atoms with Gasteiger partial charge in [-0.3, -0.25) is 0 Å². The minimum Gasteiger partial charge on any atom is -0.392 e. The number of rotatable bonds is 9. The third-order valence-electron chi connectivity index (χ3n) is 7.30. The maximum atomic E-state index is 12.6. The van der Waals surface area contributed by atoms with Crippen LogP contribution in [0.4, 0.5) is 0 Å². The summed E-state index contributed by atoms with van der Waals surface area (Å²) in [7, 11) is -3.57. The average molecular weight is 537 g/mol. The molecule has 3 aromatic rings. The van der Waals surface area contributed by atoms with Gasteiger partial charge in [-0.05, 0) is 54.8 Å². The Morgan fingerprint density at radius 3 is 2.16 bits per heavy atom. The van der Waals surface area contributed by atoms with Gasteiger partial charge in [-0.15, -0.1) is 0 Å². The number of aliphatic hydroxyl groups is 1. The van der Waals surface area contributed by atoms with Gasteiger partial charge in [0.25, 0.3) is 0 Å². The Bertz CT molecular complexity index is 1260. The second-order valence-corrected chi connectivity index (χ2v) is 11.9. The minimum atomic E-state index is -3.57. The third-order valence-corrected chi connectivity index (χ3v) is 8.71. The molecule has 0 radical (unpaired) electrons. The number of benzene rings is 3. The van der Waals surface area contributed by atoms with E-state index in [0.717, 1.165) is 48.3 Å². The Morgan fingerprint density at radius 1 is 0.816 bits per heavy atom. The number of sulfonamides is 1. The number of likely N-dealkylation sites (tertiary alicyclic amines) is 1. The predicted octanol–water partition coefficient (Wildman–Crippen LogP) is 4.69. The van der Waals surface area contributed by atoms with Gasteiger partial charge in [-0.25, -0.2) is 13.1 Å². The lowest BCUT2D eigenvalue weighted by atomic mass is 9.99. The molecular weight excluding hydrogens is 500 g/mol. The quantitative estimate of drug-likeness (QED) is 0.413. The topological polar surface area (TPSA) is 88.1 Å². The fourth-order valence-corrected chi connectivity index (χ4v) is 6.16. The van der Waals surface area contributed by atoms with Crippen LogP contribution in [0.15, 0.2) is 83.8 Å². The molecule has 0 unspecified atom stereocenters. The predicted molar refractivity (Wildman–Crippen MR) is 146 cm³/mol. The van der Waals surface area contributed by atoms with Crippen molar-refractivity contribution in [3.05, 3.63) is 101 Å². The molecule has 202 valence electrons. The second kappa shape index (κ2) is 12.5. The van der Waals surface area contributed by atoms with E-state index < -0.39 is 16.3 Å². The van der Waals surface area contributed by atoms with E-state index in [9.17, 15) is 13.5 Å². The summed E-state index contributed by atoms with van der Waals surface area (Å²) >= 11 is 0. The zero-order valence-electron chi connectivity index (χ0n) is 21.5. The molecule has 0 amide bonds. The maximum absolute atomic E-state index is 12.6. The molecular formula is C30H36N2O5S. The smallest absolute Gasteiger partial charge is 0.240 e. The van der Waals surface area contributed by atoms with Gasteiger partial charge in [0.15, 0.2) is 6.29 Å². The van der Waals surface area contributed by atoms with Gasteiger partial charge in [-0.1, -0.05) is 73.2 Å². The van der Waals surface area contributed by atoms with Crippen LogP contribution in [0.1, 0.15) is 60.3 Å². The zero-order chi connectivity index (χ0) is 26.4. The lowest BCUT2D eigenvalue weighted by Crippen LogP contribution is -2.41. The van der Waals surface area contributed by atoms with Gasteiger partial charge in [0, 0.05) is 25.1 Å². The molecule has 5 rings (SSSR count). The van der Waals surface area contributed by atoms with E-state index in [-0.39, 0.29) is 30.3 Å². The standard InChI is InChI=1S/C30H36N2O5S/c33-22-24-11-13-25(14-12-24)29-19-27(21-32-17-5-2-6-18-32)36-30(37-29)26-15-9-23(10-16-26)20-31-38(34,35)28-7-3-1-4-8-28/h1,3-4,7-16,27,29-31,33H,2,5-6,17-22H2/t27-,29+,30+/m0/s1. The molecule has 2 heterocycles. The first-order valence-electron chi connectivity index (χ1n) is 13.4. The highest BCUT2D eigenvalue weighted by atomic mass is 32.2. The molecule has 38 heavy (non-hydrogen) atoms. The van der Waals surface area contributed by atoms with Crippen molar-refractivity contribution < 1.29 is 23.0 Å². The highest BCUT2D eigenvalue weighted by Gasteiger charge is 2.33. The first kappa shape index (κ1) is 27.0. The fourth-order valence-electron chi connectivity index (χ4n) is 5.12. The Balaban J connectivity index is 1.28. The first-order chi connectivity index (χ1) is 18.5. The Kier molecular flexibility index (Phi) is 8.89. The van der Waals surface area contributed by atoms with Crippen LogP contribution in [0.25, 0.3) is 0 Å². The van der Waals surface area contributed by atoms with Crippen molar-refractivity contribution in [2.75, 3.05) is 19.6 Å². The van der Waals surface area contributed by atoms with Gasteiger partial charge >= 0.3 is 0 Å². The molecule has 3 aromatic carbocycles. The van der Waals surface area contributed by atoms with Crippen LogP contribution in [0.2, 0.25) is 0 Å². The van der Waals surface area contributed by atoms with E-state index in [4.69, 9.17) is 9.47 Å². The number of hydrogen-bond acceptors (Lipinski definition) is 6. The van der Waals surface area contributed by atoms with Crippen molar-refractivity contribution >= 4 is 10.0 Å². The van der Waals surface area contributed by atoms with Crippen molar-refractivity contribution in [2.24, 2.45) is 0 Å². The van der Waals surface area contributed by atoms with Crippen LogP contribution in [-0.4, -0.2) is 44.2 Å². The molecule has 8 heteroatoms.